The number of aromatic nitrogens is 2. The van der Waals surface area contributed by atoms with Crippen molar-refractivity contribution in [2.75, 3.05) is 44.2 Å². The van der Waals surface area contributed by atoms with Gasteiger partial charge in [-0.25, -0.2) is 4.98 Å². The highest BCUT2D eigenvalue weighted by atomic mass is 16.2. The van der Waals surface area contributed by atoms with Crippen molar-refractivity contribution < 1.29 is 9.59 Å². The third-order valence-corrected chi connectivity index (χ3v) is 5.20. The van der Waals surface area contributed by atoms with E-state index in [2.05, 4.69) is 14.9 Å². The lowest BCUT2D eigenvalue weighted by Gasteiger charge is -2.36. The smallest absolute Gasteiger partial charge is 0.228 e. The Balaban J connectivity index is 1.31. The highest BCUT2D eigenvalue weighted by molar-refractivity contribution is 5.89. The van der Waals surface area contributed by atoms with Crippen LogP contribution in [0, 0.1) is 11.8 Å². The van der Waals surface area contributed by atoms with Crippen LogP contribution in [0.4, 0.5) is 5.82 Å². The van der Waals surface area contributed by atoms with Crippen LogP contribution in [-0.4, -0.2) is 70.9 Å². The van der Waals surface area contributed by atoms with Crippen LogP contribution in [0.5, 0.6) is 0 Å². The zero-order valence-electron chi connectivity index (χ0n) is 13.8. The van der Waals surface area contributed by atoms with Crippen molar-refractivity contribution in [1.29, 1.82) is 0 Å². The molecular weight excluding hydrogens is 306 g/mol. The van der Waals surface area contributed by atoms with Gasteiger partial charge in [0.25, 0.3) is 0 Å². The average molecular weight is 329 g/mol. The van der Waals surface area contributed by atoms with Gasteiger partial charge in [0.05, 0.1) is 12.1 Å². The summed E-state index contributed by atoms with van der Waals surface area (Å²) in [5.74, 6) is 1.67. The predicted octanol–water partition coefficient (Wildman–Crippen LogP) is 0.384. The second-order valence-electron chi connectivity index (χ2n) is 7.02. The van der Waals surface area contributed by atoms with E-state index in [1.807, 2.05) is 9.80 Å². The van der Waals surface area contributed by atoms with E-state index < -0.39 is 0 Å². The van der Waals surface area contributed by atoms with E-state index >= 15 is 0 Å². The van der Waals surface area contributed by atoms with Gasteiger partial charge in [-0.15, -0.1) is 0 Å². The standard InChI is InChI=1S/C17H23N5O2/c23-16-9-14(12-22(16)11-13-1-2-13)17(24)21-7-5-20(6-8-21)15-10-18-3-4-19-15/h3-4,10,13-14H,1-2,5-9,11-12H2. The Kier molecular flexibility index (Phi) is 4.08. The maximum Gasteiger partial charge on any atom is 0.228 e. The molecule has 1 aliphatic carbocycles. The first kappa shape index (κ1) is 15.4. The fourth-order valence-electron chi connectivity index (χ4n) is 3.59. The maximum atomic E-state index is 12.7. The molecule has 0 spiro atoms. The maximum absolute atomic E-state index is 12.7. The number of nitrogens with zero attached hydrogens (tertiary/aromatic N) is 5. The number of carbonyl (C=O) groups is 2. The quantitative estimate of drug-likeness (QED) is 0.799. The Hall–Kier alpha value is -2.18. The summed E-state index contributed by atoms with van der Waals surface area (Å²) in [6, 6.07) is 0. The van der Waals surface area contributed by atoms with E-state index in [-0.39, 0.29) is 17.7 Å². The molecule has 2 amide bonds. The molecule has 3 heterocycles. The fourth-order valence-corrected chi connectivity index (χ4v) is 3.59. The molecule has 24 heavy (non-hydrogen) atoms. The minimum Gasteiger partial charge on any atom is -0.352 e. The molecule has 2 saturated heterocycles. The molecule has 1 atom stereocenters. The number of rotatable bonds is 4. The van der Waals surface area contributed by atoms with E-state index in [9.17, 15) is 9.59 Å². The van der Waals surface area contributed by atoms with Crippen LogP contribution in [0.3, 0.4) is 0 Å². The van der Waals surface area contributed by atoms with Gasteiger partial charge < -0.3 is 14.7 Å². The first-order chi connectivity index (χ1) is 11.7. The number of carbonyl (C=O) groups excluding carboxylic acids is 2. The van der Waals surface area contributed by atoms with Crippen LogP contribution in [0.2, 0.25) is 0 Å². The molecule has 2 aliphatic heterocycles. The predicted molar refractivity (Wildman–Crippen MR) is 88.2 cm³/mol. The van der Waals surface area contributed by atoms with Gasteiger partial charge in [-0.3, -0.25) is 14.6 Å². The molecule has 7 heteroatoms. The lowest BCUT2D eigenvalue weighted by atomic mass is 10.1. The minimum atomic E-state index is -0.153. The molecule has 0 bridgehead atoms. The Morgan fingerprint density at radius 1 is 1.17 bits per heavy atom. The van der Waals surface area contributed by atoms with Crippen LogP contribution in [0.1, 0.15) is 19.3 Å². The number of hydrogen-bond acceptors (Lipinski definition) is 5. The molecule has 3 fully saturated rings. The highest BCUT2D eigenvalue weighted by Gasteiger charge is 2.39. The van der Waals surface area contributed by atoms with Gasteiger partial charge >= 0.3 is 0 Å². The van der Waals surface area contributed by atoms with Gasteiger partial charge in [0, 0.05) is 58.1 Å². The molecule has 128 valence electrons. The summed E-state index contributed by atoms with van der Waals surface area (Å²) in [6.45, 7) is 4.35. The van der Waals surface area contributed by atoms with E-state index in [4.69, 9.17) is 0 Å². The van der Waals surface area contributed by atoms with Crippen molar-refractivity contribution in [3.8, 4) is 0 Å². The topological polar surface area (TPSA) is 69.6 Å². The SMILES string of the molecule is O=C1CC(C(=O)N2CCN(c3cnccn3)CC2)CN1CC1CC1. The van der Waals surface area contributed by atoms with Crippen molar-refractivity contribution in [2.24, 2.45) is 11.8 Å². The molecule has 1 saturated carbocycles. The molecule has 0 aromatic carbocycles. The van der Waals surface area contributed by atoms with Crippen LogP contribution < -0.4 is 4.90 Å². The molecule has 4 rings (SSSR count). The van der Waals surface area contributed by atoms with Gasteiger partial charge in [-0.05, 0) is 18.8 Å². The second kappa shape index (κ2) is 6.37. The first-order valence-corrected chi connectivity index (χ1v) is 8.78. The van der Waals surface area contributed by atoms with Gasteiger partial charge in [0.1, 0.15) is 5.82 Å². The zero-order chi connectivity index (χ0) is 16.5. The molecule has 7 nitrogen and oxygen atoms in total. The summed E-state index contributed by atoms with van der Waals surface area (Å²) in [5.41, 5.74) is 0. The van der Waals surface area contributed by atoms with E-state index in [0.29, 0.717) is 32.0 Å². The van der Waals surface area contributed by atoms with Crippen LogP contribution in [-0.2, 0) is 9.59 Å². The normalized spacial score (nSPS) is 24.6. The summed E-state index contributed by atoms with van der Waals surface area (Å²) in [5, 5.41) is 0. The Morgan fingerprint density at radius 2 is 1.96 bits per heavy atom. The van der Waals surface area contributed by atoms with Crippen LogP contribution in [0.15, 0.2) is 18.6 Å². The van der Waals surface area contributed by atoms with Crippen molar-refractivity contribution in [3.05, 3.63) is 18.6 Å². The monoisotopic (exact) mass is 329 g/mol. The molecular formula is C17H23N5O2. The fraction of sp³-hybridized carbons (Fsp3) is 0.647. The lowest BCUT2D eigenvalue weighted by Crippen LogP contribution is -2.51. The Bertz CT molecular complexity index is 611. The van der Waals surface area contributed by atoms with Crippen molar-refractivity contribution in [2.45, 2.75) is 19.3 Å². The average Bonchev–Trinajstić information content (AvgIpc) is 3.37. The third-order valence-electron chi connectivity index (χ3n) is 5.20. The van der Waals surface area contributed by atoms with E-state index in [1.165, 1.54) is 12.8 Å². The van der Waals surface area contributed by atoms with Crippen molar-refractivity contribution >= 4 is 17.6 Å². The largest absolute Gasteiger partial charge is 0.352 e. The second-order valence-corrected chi connectivity index (χ2v) is 7.02. The Labute approximate surface area is 141 Å². The molecule has 3 aliphatic rings. The minimum absolute atomic E-state index is 0.139. The van der Waals surface area contributed by atoms with Gasteiger partial charge in [0.2, 0.25) is 11.8 Å². The van der Waals surface area contributed by atoms with Crippen molar-refractivity contribution in [3.63, 3.8) is 0 Å². The lowest BCUT2D eigenvalue weighted by molar-refractivity contribution is -0.136. The molecule has 1 aromatic rings. The first-order valence-electron chi connectivity index (χ1n) is 8.78. The molecule has 1 aromatic heterocycles. The zero-order valence-corrected chi connectivity index (χ0v) is 13.8. The Morgan fingerprint density at radius 3 is 2.62 bits per heavy atom. The number of anilines is 1. The highest BCUT2D eigenvalue weighted by Crippen LogP contribution is 2.32. The van der Waals surface area contributed by atoms with Gasteiger partial charge in [0.15, 0.2) is 0 Å². The van der Waals surface area contributed by atoms with Crippen LogP contribution >= 0.6 is 0 Å². The summed E-state index contributed by atoms with van der Waals surface area (Å²) in [7, 11) is 0. The van der Waals surface area contributed by atoms with E-state index in [0.717, 1.165) is 25.5 Å². The number of piperazine rings is 1. The van der Waals surface area contributed by atoms with Crippen LogP contribution in [0.25, 0.3) is 0 Å². The van der Waals surface area contributed by atoms with E-state index in [1.54, 1.807) is 18.6 Å². The summed E-state index contributed by atoms with van der Waals surface area (Å²) in [4.78, 5) is 39.2. The summed E-state index contributed by atoms with van der Waals surface area (Å²) < 4.78 is 0. The molecule has 0 N–H and O–H groups in total. The van der Waals surface area contributed by atoms with Crippen molar-refractivity contribution in [1.82, 2.24) is 19.8 Å². The molecule has 1 unspecified atom stereocenters. The molecule has 0 radical (unpaired) electrons. The number of amides is 2. The number of likely N-dealkylation sites (tertiary alicyclic amines) is 1. The third kappa shape index (κ3) is 3.20. The van der Waals surface area contributed by atoms with Gasteiger partial charge in [-0.1, -0.05) is 0 Å². The summed E-state index contributed by atoms with van der Waals surface area (Å²) in [6.07, 6.45) is 7.94. The number of hydrogen-bond donors (Lipinski definition) is 0. The van der Waals surface area contributed by atoms with Gasteiger partial charge in [-0.2, -0.15) is 0 Å². The summed E-state index contributed by atoms with van der Waals surface area (Å²) >= 11 is 0.